The SMILES string of the molecule is CCCC(NC(=O)C1CCC(CNC(=O)CCCCCCCCCCCCCCCCCCC(=O)O)CC1)C(=O)O. The predicted octanol–water partition coefficient (Wildman–Crippen LogP) is 7.38. The molecular weight excluding hydrogens is 520 g/mol. The molecule has 0 aromatic heterocycles. The van der Waals surface area contributed by atoms with Gasteiger partial charge in [-0.25, -0.2) is 4.79 Å². The number of amides is 2. The molecule has 0 aromatic rings. The minimum Gasteiger partial charge on any atom is -0.481 e. The Morgan fingerprint density at radius 3 is 1.51 bits per heavy atom. The highest BCUT2D eigenvalue weighted by Crippen LogP contribution is 2.28. The van der Waals surface area contributed by atoms with E-state index in [9.17, 15) is 24.3 Å². The zero-order valence-electron chi connectivity index (χ0n) is 25.9. The molecule has 0 aliphatic heterocycles. The van der Waals surface area contributed by atoms with E-state index in [1.807, 2.05) is 6.92 Å². The van der Waals surface area contributed by atoms with Crippen LogP contribution in [0.4, 0.5) is 0 Å². The quantitative estimate of drug-likeness (QED) is 0.0789. The Morgan fingerprint density at radius 1 is 0.659 bits per heavy atom. The van der Waals surface area contributed by atoms with Gasteiger partial charge in [0.05, 0.1) is 0 Å². The van der Waals surface area contributed by atoms with Gasteiger partial charge in [0, 0.05) is 25.3 Å². The van der Waals surface area contributed by atoms with E-state index < -0.39 is 18.0 Å². The molecule has 8 heteroatoms. The van der Waals surface area contributed by atoms with Crippen molar-refractivity contribution in [2.45, 2.75) is 167 Å². The van der Waals surface area contributed by atoms with Gasteiger partial charge in [-0.05, 0) is 50.9 Å². The summed E-state index contributed by atoms with van der Waals surface area (Å²) in [5, 5.41) is 23.7. The lowest BCUT2D eigenvalue weighted by Gasteiger charge is -2.28. The summed E-state index contributed by atoms with van der Waals surface area (Å²) in [6.07, 6.45) is 24.6. The van der Waals surface area contributed by atoms with Crippen LogP contribution in [0.15, 0.2) is 0 Å². The minimum absolute atomic E-state index is 0.120. The summed E-state index contributed by atoms with van der Waals surface area (Å²) < 4.78 is 0. The lowest BCUT2D eigenvalue weighted by atomic mass is 9.81. The van der Waals surface area contributed by atoms with Gasteiger partial charge in [-0.3, -0.25) is 14.4 Å². The molecular formula is C33H60N2O6. The molecule has 2 amide bonds. The van der Waals surface area contributed by atoms with Crippen LogP contribution in [0.25, 0.3) is 0 Å². The first-order valence-electron chi connectivity index (χ1n) is 16.8. The third-order valence-corrected chi connectivity index (χ3v) is 8.54. The number of carbonyl (C=O) groups excluding carboxylic acids is 2. The van der Waals surface area contributed by atoms with Crippen LogP contribution in [-0.2, 0) is 19.2 Å². The molecule has 1 atom stereocenters. The van der Waals surface area contributed by atoms with Gasteiger partial charge < -0.3 is 20.8 Å². The lowest BCUT2D eigenvalue weighted by molar-refractivity contribution is -0.143. The molecule has 0 spiro atoms. The summed E-state index contributed by atoms with van der Waals surface area (Å²) in [5.41, 5.74) is 0. The Labute approximate surface area is 249 Å². The highest BCUT2D eigenvalue weighted by atomic mass is 16.4. The summed E-state index contributed by atoms with van der Waals surface area (Å²) in [4.78, 5) is 46.5. The van der Waals surface area contributed by atoms with Crippen LogP contribution in [0.3, 0.4) is 0 Å². The van der Waals surface area contributed by atoms with Crippen molar-refractivity contribution in [3.05, 3.63) is 0 Å². The fourth-order valence-corrected chi connectivity index (χ4v) is 5.85. The number of hydrogen-bond acceptors (Lipinski definition) is 4. The maximum atomic E-state index is 12.5. The number of carboxylic acids is 2. The number of rotatable bonds is 26. The minimum atomic E-state index is -0.967. The summed E-state index contributed by atoms with van der Waals surface area (Å²) in [5.74, 6) is -1.38. The third-order valence-electron chi connectivity index (χ3n) is 8.54. The number of carboxylic acid groups (broad SMARTS) is 2. The summed E-state index contributed by atoms with van der Waals surface area (Å²) >= 11 is 0. The molecule has 0 radical (unpaired) electrons. The molecule has 41 heavy (non-hydrogen) atoms. The van der Waals surface area contributed by atoms with Crippen molar-refractivity contribution >= 4 is 23.8 Å². The fraction of sp³-hybridized carbons (Fsp3) is 0.879. The average molecular weight is 581 g/mol. The van der Waals surface area contributed by atoms with E-state index in [0.717, 1.165) is 51.4 Å². The molecule has 1 rings (SSSR count). The van der Waals surface area contributed by atoms with Gasteiger partial charge in [-0.2, -0.15) is 0 Å². The molecule has 8 nitrogen and oxygen atoms in total. The van der Waals surface area contributed by atoms with Gasteiger partial charge in [0.1, 0.15) is 6.04 Å². The molecule has 0 bridgehead atoms. The second-order valence-corrected chi connectivity index (χ2v) is 12.3. The Hall–Kier alpha value is -2.12. The number of hydrogen-bond donors (Lipinski definition) is 4. The van der Waals surface area contributed by atoms with Crippen LogP contribution in [0, 0.1) is 11.8 Å². The maximum absolute atomic E-state index is 12.5. The molecule has 4 N–H and O–H groups in total. The summed E-state index contributed by atoms with van der Waals surface area (Å²) in [7, 11) is 0. The predicted molar refractivity (Wildman–Crippen MR) is 164 cm³/mol. The van der Waals surface area contributed by atoms with Gasteiger partial charge in [-0.15, -0.1) is 0 Å². The molecule has 1 saturated carbocycles. The van der Waals surface area contributed by atoms with E-state index in [4.69, 9.17) is 5.11 Å². The Kier molecular flexibility index (Phi) is 22.0. The molecule has 1 fully saturated rings. The van der Waals surface area contributed by atoms with Gasteiger partial charge in [-0.1, -0.05) is 103 Å². The maximum Gasteiger partial charge on any atom is 0.326 e. The van der Waals surface area contributed by atoms with Crippen LogP contribution in [0.5, 0.6) is 0 Å². The molecule has 1 aliphatic carbocycles. The van der Waals surface area contributed by atoms with Crippen molar-refractivity contribution in [3.8, 4) is 0 Å². The van der Waals surface area contributed by atoms with Crippen molar-refractivity contribution in [2.75, 3.05) is 6.54 Å². The van der Waals surface area contributed by atoms with Crippen molar-refractivity contribution in [2.24, 2.45) is 11.8 Å². The highest BCUT2D eigenvalue weighted by Gasteiger charge is 2.29. The van der Waals surface area contributed by atoms with E-state index in [1.54, 1.807) is 0 Å². The standard InChI is InChI=1S/C33H60N2O6/c1-2-19-29(33(40)41)35-32(39)28-24-22-27(23-25-28)26-34-30(36)20-17-15-13-11-9-7-5-3-4-6-8-10-12-14-16-18-21-31(37)38/h27-29H,2-26H2,1H3,(H,34,36)(H,35,39)(H,37,38)(H,40,41). The summed E-state index contributed by atoms with van der Waals surface area (Å²) in [6.45, 7) is 2.59. The molecule has 238 valence electrons. The van der Waals surface area contributed by atoms with E-state index >= 15 is 0 Å². The number of carbonyl (C=O) groups is 4. The smallest absolute Gasteiger partial charge is 0.326 e. The number of aliphatic carboxylic acids is 2. The largest absolute Gasteiger partial charge is 0.481 e. The van der Waals surface area contributed by atoms with Crippen molar-refractivity contribution in [1.82, 2.24) is 10.6 Å². The second kappa shape index (κ2) is 24.5. The highest BCUT2D eigenvalue weighted by molar-refractivity contribution is 5.85. The van der Waals surface area contributed by atoms with E-state index in [1.165, 1.54) is 77.0 Å². The second-order valence-electron chi connectivity index (χ2n) is 12.3. The first kappa shape index (κ1) is 36.9. The average Bonchev–Trinajstić information content (AvgIpc) is 2.95. The first-order chi connectivity index (χ1) is 19.8. The topological polar surface area (TPSA) is 133 Å². The Balaban J connectivity index is 1.89. The number of nitrogens with one attached hydrogen (secondary N) is 2. The van der Waals surface area contributed by atoms with E-state index in [2.05, 4.69) is 10.6 Å². The van der Waals surface area contributed by atoms with Crippen molar-refractivity contribution in [3.63, 3.8) is 0 Å². The van der Waals surface area contributed by atoms with Crippen molar-refractivity contribution < 1.29 is 29.4 Å². The molecule has 0 heterocycles. The fourth-order valence-electron chi connectivity index (χ4n) is 5.85. The zero-order valence-corrected chi connectivity index (χ0v) is 25.9. The van der Waals surface area contributed by atoms with Crippen molar-refractivity contribution in [1.29, 1.82) is 0 Å². The monoisotopic (exact) mass is 580 g/mol. The normalized spacial score (nSPS) is 17.6. The van der Waals surface area contributed by atoms with E-state index in [-0.39, 0.29) is 17.7 Å². The van der Waals surface area contributed by atoms with Crippen LogP contribution < -0.4 is 10.6 Å². The van der Waals surface area contributed by atoms with Gasteiger partial charge in [0.15, 0.2) is 0 Å². The lowest BCUT2D eigenvalue weighted by Crippen LogP contribution is -2.44. The molecule has 0 aromatic carbocycles. The van der Waals surface area contributed by atoms with Crippen LogP contribution in [0.1, 0.15) is 161 Å². The van der Waals surface area contributed by atoms with E-state index in [0.29, 0.717) is 38.1 Å². The molecule has 1 unspecified atom stereocenters. The molecule has 1 aliphatic rings. The van der Waals surface area contributed by atoms with Gasteiger partial charge in [0.2, 0.25) is 11.8 Å². The van der Waals surface area contributed by atoms with Crippen LogP contribution in [0.2, 0.25) is 0 Å². The van der Waals surface area contributed by atoms with Crippen LogP contribution >= 0.6 is 0 Å². The third kappa shape index (κ3) is 20.4. The molecule has 0 saturated heterocycles. The summed E-state index contributed by atoms with van der Waals surface area (Å²) in [6, 6.07) is -0.795. The zero-order chi connectivity index (χ0) is 30.1. The van der Waals surface area contributed by atoms with Gasteiger partial charge >= 0.3 is 11.9 Å². The number of unbranched alkanes of at least 4 members (excludes halogenated alkanes) is 15. The van der Waals surface area contributed by atoms with Gasteiger partial charge in [0.25, 0.3) is 0 Å². The first-order valence-corrected chi connectivity index (χ1v) is 16.8. The Bertz CT molecular complexity index is 721. The van der Waals surface area contributed by atoms with Crippen LogP contribution in [-0.4, -0.2) is 46.6 Å². The Morgan fingerprint density at radius 2 is 1.10 bits per heavy atom.